The summed E-state index contributed by atoms with van der Waals surface area (Å²) < 4.78 is 0. The highest BCUT2D eigenvalue weighted by atomic mass is 16.2. The van der Waals surface area contributed by atoms with E-state index in [1.165, 1.54) is 0 Å². The lowest BCUT2D eigenvalue weighted by Gasteiger charge is -2.24. The summed E-state index contributed by atoms with van der Waals surface area (Å²) in [4.78, 5) is 63.6. The van der Waals surface area contributed by atoms with Crippen molar-refractivity contribution in [3.05, 3.63) is 120 Å². The van der Waals surface area contributed by atoms with Crippen molar-refractivity contribution < 1.29 is 19.2 Å². The van der Waals surface area contributed by atoms with Crippen LogP contribution in [0, 0.1) is 11.8 Å². The van der Waals surface area contributed by atoms with Crippen molar-refractivity contribution in [2.45, 2.75) is 51.5 Å². The Hall–Kier alpha value is -5.82. The zero-order valence-electron chi connectivity index (χ0n) is 27.6. The lowest BCUT2D eigenvalue weighted by Crippen LogP contribution is -2.43. The number of amides is 4. The van der Waals surface area contributed by atoms with E-state index in [2.05, 4.69) is 32.4 Å². The summed E-state index contributed by atoms with van der Waals surface area (Å²) in [7, 11) is 0. The number of nitrogens with one attached hydrogen (secondary N) is 2. The molecular weight excluding hydrogens is 616 g/mol. The Kier molecular flexibility index (Phi) is 12.2. The maximum absolute atomic E-state index is 13.0. The third kappa shape index (κ3) is 10.3. The molecule has 1 fully saturated rings. The normalized spacial score (nSPS) is 13.6. The number of hydrogen-bond donors (Lipinski definition) is 2. The summed E-state index contributed by atoms with van der Waals surface area (Å²) in [5, 5.41) is 5.61. The molecule has 0 spiro atoms. The first kappa shape index (κ1) is 34.5. The predicted molar refractivity (Wildman–Crippen MR) is 188 cm³/mol. The zero-order chi connectivity index (χ0) is 34.4. The topological polar surface area (TPSA) is 125 Å². The van der Waals surface area contributed by atoms with Gasteiger partial charge in [0.25, 0.3) is 0 Å². The number of likely N-dealkylation sites (tertiary alicyclic amines) is 1. The number of carbonyl (C=O) groups excluding carboxylic acids is 4. The van der Waals surface area contributed by atoms with Gasteiger partial charge in [-0.15, -0.1) is 0 Å². The molecule has 1 aliphatic rings. The van der Waals surface area contributed by atoms with E-state index in [1.807, 2.05) is 67.6 Å². The molecule has 1 unspecified atom stereocenters. The minimum atomic E-state index is -0.528. The molecule has 10 nitrogen and oxygen atoms in total. The Morgan fingerprint density at radius 2 is 1.39 bits per heavy atom. The van der Waals surface area contributed by atoms with Crippen LogP contribution in [0.4, 0.5) is 11.6 Å². The monoisotopic (exact) mass is 656 g/mol. The summed E-state index contributed by atoms with van der Waals surface area (Å²) in [6.45, 7) is 3.06. The van der Waals surface area contributed by atoms with Gasteiger partial charge in [0.05, 0.1) is 19.4 Å². The highest BCUT2D eigenvalue weighted by Crippen LogP contribution is 2.20. The van der Waals surface area contributed by atoms with Crippen LogP contribution >= 0.6 is 0 Å². The van der Waals surface area contributed by atoms with E-state index in [-0.39, 0.29) is 43.0 Å². The predicted octanol–water partition coefficient (Wildman–Crippen LogP) is 4.86. The minimum absolute atomic E-state index is 0.0519. The Balaban J connectivity index is 1.11. The highest BCUT2D eigenvalue weighted by molar-refractivity contribution is 5.97. The van der Waals surface area contributed by atoms with E-state index in [4.69, 9.17) is 0 Å². The largest absolute Gasteiger partial charge is 0.333 e. The Morgan fingerprint density at radius 1 is 0.796 bits per heavy atom. The van der Waals surface area contributed by atoms with Gasteiger partial charge in [-0.25, -0.2) is 9.97 Å². The van der Waals surface area contributed by atoms with Crippen LogP contribution in [0.25, 0.3) is 0 Å². The molecular formula is C39H40N6O4. The van der Waals surface area contributed by atoms with E-state index >= 15 is 0 Å². The molecule has 3 heterocycles. The van der Waals surface area contributed by atoms with E-state index in [1.54, 1.807) is 46.5 Å². The maximum atomic E-state index is 13.0. The molecule has 0 aliphatic carbocycles. The van der Waals surface area contributed by atoms with Gasteiger partial charge in [0, 0.05) is 36.6 Å². The molecule has 4 aromatic rings. The Bertz CT molecular complexity index is 1780. The van der Waals surface area contributed by atoms with E-state index < -0.39 is 6.04 Å². The van der Waals surface area contributed by atoms with Crippen molar-refractivity contribution in [3.8, 4) is 11.8 Å². The number of pyridine rings is 2. The molecule has 2 aromatic heterocycles. The van der Waals surface area contributed by atoms with Crippen LogP contribution in [0.15, 0.2) is 97.3 Å². The smallest absolute Gasteiger partial charge is 0.248 e. The summed E-state index contributed by atoms with van der Waals surface area (Å²) in [5.74, 6) is 6.08. The fourth-order valence-corrected chi connectivity index (χ4v) is 5.53. The van der Waals surface area contributed by atoms with Crippen LogP contribution < -0.4 is 10.6 Å². The van der Waals surface area contributed by atoms with Crippen molar-refractivity contribution in [2.24, 2.45) is 0 Å². The van der Waals surface area contributed by atoms with Crippen LogP contribution in [-0.2, 0) is 32.0 Å². The second-order valence-electron chi connectivity index (χ2n) is 11.9. The van der Waals surface area contributed by atoms with Gasteiger partial charge < -0.3 is 20.4 Å². The van der Waals surface area contributed by atoms with Crippen LogP contribution in [-0.4, -0.2) is 69.1 Å². The molecule has 250 valence electrons. The molecule has 1 atom stereocenters. The lowest BCUT2D eigenvalue weighted by molar-refractivity contribution is -0.136. The lowest BCUT2D eigenvalue weighted by atomic mass is 10.1. The fourth-order valence-electron chi connectivity index (χ4n) is 5.53. The molecule has 0 radical (unpaired) electrons. The number of hydrogen-bond acceptors (Lipinski definition) is 6. The molecule has 10 heteroatoms. The molecule has 0 saturated carbocycles. The van der Waals surface area contributed by atoms with Crippen LogP contribution in [0.3, 0.4) is 0 Å². The zero-order valence-corrected chi connectivity index (χ0v) is 27.6. The second-order valence-corrected chi connectivity index (χ2v) is 11.9. The standard InChI is InChI=1S/C39H40N6O4/c1-2-3-22-44(37(47)24-29-11-6-4-7-12-29)28-36(46)42-34-20-18-31(26-40-34)16-17-32-19-21-35(41-27-32)43-39(49)33-15-10-23-45(33)38(48)25-30-13-8-5-9-14-30/h4-9,11-14,18-21,26-27,33H,2-3,10,15,22-25,28H2,1H3,(H,40,42,46)(H,41,43,49). The van der Waals surface area contributed by atoms with Gasteiger partial charge in [0.15, 0.2) is 0 Å². The molecule has 2 N–H and O–H groups in total. The van der Waals surface area contributed by atoms with Crippen molar-refractivity contribution >= 4 is 35.3 Å². The van der Waals surface area contributed by atoms with E-state index in [0.717, 1.165) is 30.4 Å². The fraction of sp³-hybridized carbons (Fsp3) is 0.282. The SMILES string of the molecule is CCCCN(CC(=O)Nc1ccc(C#Cc2ccc(NC(=O)C3CCCN3C(=O)Cc3ccccc3)nc2)cn1)C(=O)Cc1ccccc1. The summed E-state index contributed by atoms with van der Waals surface area (Å²) in [6.07, 6.45) is 6.74. The van der Waals surface area contributed by atoms with Gasteiger partial charge in [-0.1, -0.05) is 85.8 Å². The number of unbranched alkanes of at least 4 members (excludes halogenated alkanes) is 1. The molecule has 4 amide bonds. The van der Waals surface area contributed by atoms with Crippen LogP contribution in [0.5, 0.6) is 0 Å². The van der Waals surface area contributed by atoms with Crippen LogP contribution in [0.2, 0.25) is 0 Å². The first-order chi connectivity index (χ1) is 23.9. The molecule has 1 saturated heterocycles. The Morgan fingerprint density at radius 3 is 1.96 bits per heavy atom. The van der Waals surface area contributed by atoms with Crippen molar-refractivity contribution in [2.75, 3.05) is 30.3 Å². The van der Waals surface area contributed by atoms with Crippen LogP contribution in [0.1, 0.15) is 54.9 Å². The van der Waals surface area contributed by atoms with Gasteiger partial charge in [-0.2, -0.15) is 0 Å². The number of carbonyl (C=O) groups is 4. The number of rotatable bonds is 12. The average molecular weight is 657 g/mol. The summed E-state index contributed by atoms with van der Waals surface area (Å²) in [5.41, 5.74) is 3.11. The van der Waals surface area contributed by atoms with Crippen molar-refractivity contribution in [3.63, 3.8) is 0 Å². The number of benzene rings is 2. The molecule has 2 aromatic carbocycles. The van der Waals surface area contributed by atoms with Gasteiger partial charge in [0.1, 0.15) is 17.7 Å². The number of nitrogens with zero attached hydrogens (tertiary/aromatic N) is 4. The van der Waals surface area contributed by atoms with Crippen molar-refractivity contribution in [1.82, 2.24) is 19.8 Å². The number of anilines is 2. The minimum Gasteiger partial charge on any atom is -0.333 e. The molecule has 49 heavy (non-hydrogen) atoms. The summed E-state index contributed by atoms with van der Waals surface area (Å²) >= 11 is 0. The van der Waals surface area contributed by atoms with E-state index in [0.29, 0.717) is 42.3 Å². The van der Waals surface area contributed by atoms with Gasteiger partial charge in [-0.3, -0.25) is 19.2 Å². The molecule has 1 aliphatic heterocycles. The third-order valence-electron chi connectivity index (χ3n) is 8.14. The average Bonchev–Trinajstić information content (AvgIpc) is 3.62. The third-order valence-corrected chi connectivity index (χ3v) is 8.14. The maximum Gasteiger partial charge on any atom is 0.248 e. The van der Waals surface area contributed by atoms with Gasteiger partial charge in [0.2, 0.25) is 23.6 Å². The highest BCUT2D eigenvalue weighted by Gasteiger charge is 2.34. The first-order valence-electron chi connectivity index (χ1n) is 16.6. The first-order valence-corrected chi connectivity index (χ1v) is 16.6. The number of aromatic nitrogens is 2. The Labute approximate surface area is 287 Å². The second kappa shape index (κ2) is 17.4. The summed E-state index contributed by atoms with van der Waals surface area (Å²) in [6, 6.07) is 25.3. The van der Waals surface area contributed by atoms with Gasteiger partial charge >= 0.3 is 0 Å². The van der Waals surface area contributed by atoms with Crippen molar-refractivity contribution in [1.29, 1.82) is 0 Å². The van der Waals surface area contributed by atoms with Gasteiger partial charge in [-0.05, 0) is 54.7 Å². The molecule has 0 bridgehead atoms. The molecule has 5 rings (SSSR count). The van der Waals surface area contributed by atoms with E-state index in [9.17, 15) is 19.2 Å². The quantitative estimate of drug-likeness (QED) is 0.210.